The number of nitrogens with two attached hydrogens (primary N) is 2. The monoisotopic (exact) mass is 407 g/mol. The minimum absolute atomic E-state index is 0.111. The summed E-state index contributed by atoms with van der Waals surface area (Å²) in [5.41, 5.74) is 10.3. The molecule has 0 radical (unpaired) electrons. The Balaban J connectivity index is 4.94. The average Bonchev–Trinajstić information content (AvgIpc) is 2.59. The lowest BCUT2D eigenvalue weighted by Crippen LogP contribution is -2.58. The van der Waals surface area contributed by atoms with Crippen LogP contribution in [0.15, 0.2) is 0 Å². The predicted octanol–water partition coefficient (Wildman–Crippen LogP) is -3.94. The zero-order valence-corrected chi connectivity index (χ0v) is 15.6. The molecule has 0 bridgehead atoms. The van der Waals surface area contributed by atoms with E-state index in [1.807, 2.05) is 0 Å². The SMILES string of the molecule is CC(N)C(=O)NC(CS)C(=O)NC(CO)C(=O)NC(CCC(N)=O)C(=O)O. The molecule has 0 aromatic rings. The number of aliphatic hydroxyl groups excluding tert-OH is 1. The van der Waals surface area contributed by atoms with E-state index in [1.165, 1.54) is 6.92 Å². The van der Waals surface area contributed by atoms with Gasteiger partial charge in [0.25, 0.3) is 0 Å². The summed E-state index contributed by atoms with van der Waals surface area (Å²) in [6.07, 6.45) is -0.537. The molecule has 0 heterocycles. The van der Waals surface area contributed by atoms with Crippen molar-refractivity contribution in [3.05, 3.63) is 0 Å². The third kappa shape index (κ3) is 9.21. The lowest BCUT2D eigenvalue weighted by molar-refractivity contribution is -0.143. The first kappa shape index (κ1) is 24.6. The highest BCUT2D eigenvalue weighted by Gasteiger charge is 2.29. The number of carboxylic acids is 1. The molecule has 4 atom stereocenters. The number of nitrogens with one attached hydrogen (secondary N) is 3. The Bertz CT molecular complexity index is 572. The minimum Gasteiger partial charge on any atom is -0.480 e. The lowest BCUT2D eigenvalue weighted by Gasteiger charge is -2.23. The molecule has 0 aromatic heterocycles. The fourth-order valence-electron chi connectivity index (χ4n) is 1.78. The Hall–Kier alpha value is -2.38. The van der Waals surface area contributed by atoms with E-state index in [-0.39, 0.29) is 18.6 Å². The number of carbonyl (C=O) groups excluding carboxylic acids is 4. The van der Waals surface area contributed by atoms with Crippen molar-refractivity contribution in [2.75, 3.05) is 12.4 Å². The number of amides is 4. The molecule has 0 saturated carbocycles. The molecule has 0 aliphatic rings. The van der Waals surface area contributed by atoms with Gasteiger partial charge >= 0.3 is 5.97 Å². The van der Waals surface area contributed by atoms with Gasteiger partial charge in [0.05, 0.1) is 12.6 Å². The highest BCUT2D eigenvalue weighted by atomic mass is 32.1. The van der Waals surface area contributed by atoms with Gasteiger partial charge in [0, 0.05) is 12.2 Å². The maximum Gasteiger partial charge on any atom is 0.326 e. The number of carboxylic acid groups (broad SMARTS) is 1. The van der Waals surface area contributed by atoms with E-state index < -0.39 is 60.4 Å². The standard InChI is InChI=1S/C14H25N5O7S/c1-6(15)11(22)19-9(5-27)13(24)18-8(4-20)12(23)17-7(14(25)26)2-3-10(16)21/h6-9,20,27H,2-5,15H2,1H3,(H2,16,21)(H,17,23)(H,18,24)(H,19,22)(H,25,26). The smallest absolute Gasteiger partial charge is 0.326 e. The Morgan fingerprint density at radius 3 is 1.85 bits per heavy atom. The minimum atomic E-state index is -1.48. The molecule has 9 N–H and O–H groups in total. The number of hydrogen-bond acceptors (Lipinski definition) is 8. The highest BCUT2D eigenvalue weighted by Crippen LogP contribution is 1.99. The van der Waals surface area contributed by atoms with Crippen LogP contribution in [0.5, 0.6) is 0 Å². The lowest BCUT2D eigenvalue weighted by atomic mass is 10.1. The van der Waals surface area contributed by atoms with E-state index in [0.29, 0.717) is 0 Å². The van der Waals surface area contributed by atoms with Crippen LogP contribution in [0, 0.1) is 0 Å². The van der Waals surface area contributed by atoms with Crippen LogP contribution in [0.1, 0.15) is 19.8 Å². The summed E-state index contributed by atoms with van der Waals surface area (Å²) in [5, 5.41) is 25.0. The van der Waals surface area contributed by atoms with E-state index in [1.54, 1.807) is 0 Å². The molecule has 0 aliphatic heterocycles. The largest absolute Gasteiger partial charge is 0.480 e. The summed E-state index contributed by atoms with van der Waals surface area (Å²) in [7, 11) is 0. The Morgan fingerprint density at radius 2 is 1.44 bits per heavy atom. The first-order chi connectivity index (χ1) is 12.5. The molecule has 0 aromatic carbocycles. The van der Waals surface area contributed by atoms with Gasteiger partial charge < -0.3 is 37.6 Å². The number of rotatable bonds is 12. The van der Waals surface area contributed by atoms with Crippen molar-refractivity contribution in [2.45, 2.75) is 43.9 Å². The summed E-state index contributed by atoms with van der Waals surface area (Å²) >= 11 is 3.93. The van der Waals surface area contributed by atoms with E-state index >= 15 is 0 Å². The van der Waals surface area contributed by atoms with Gasteiger partial charge in [-0.05, 0) is 13.3 Å². The van der Waals surface area contributed by atoms with Crippen LogP contribution in [-0.4, -0.2) is 76.3 Å². The van der Waals surface area contributed by atoms with Crippen molar-refractivity contribution in [3.63, 3.8) is 0 Å². The quantitative estimate of drug-likeness (QED) is 0.149. The summed E-state index contributed by atoms with van der Waals surface area (Å²) in [5.74, 6) is -4.70. The summed E-state index contributed by atoms with van der Waals surface area (Å²) in [6.45, 7) is 0.575. The second-order valence-corrected chi connectivity index (χ2v) is 6.05. The maximum absolute atomic E-state index is 12.2. The molecule has 0 aliphatic carbocycles. The molecular weight excluding hydrogens is 382 g/mol. The first-order valence-corrected chi connectivity index (χ1v) is 8.56. The summed E-state index contributed by atoms with van der Waals surface area (Å²) in [6, 6.07) is -4.92. The van der Waals surface area contributed by atoms with Gasteiger partial charge in [0.2, 0.25) is 23.6 Å². The number of hydrogen-bond donors (Lipinski definition) is 8. The normalized spacial score (nSPS) is 15.0. The van der Waals surface area contributed by atoms with E-state index in [9.17, 15) is 29.1 Å². The van der Waals surface area contributed by atoms with E-state index in [4.69, 9.17) is 16.6 Å². The van der Waals surface area contributed by atoms with Crippen LogP contribution in [-0.2, 0) is 24.0 Å². The first-order valence-electron chi connectivity index (χ1n) is 7.93. The molecule has 27 heavy (non-hydrogen) atoms. The van der Waals surface area contributed by atoms with Crippen molar-refractivity contribution in [3.8, 4) is 0 Å². The molecule has 0 saturated heterocycles. The third-order valence-electron chi connectivity index (χ3n) is 3.34. The molecule has 4 amide bonds. The van der Waals surface area contributed by atoms with Gasteiger partial charge in [-0.25, -0.2) is 4.79 Å². The molecule has 154 valence electrons. The zero-order chi connectivity index (χ0) is 21.1. The van der Waals surface area contributed by atoms with Crippen molar-refractivity contribution in [1.29, 1.82) is 0 Å². The Labute approximate surface area is 160 Å². The number of thiol groups is 1. The number of primary amides is 1. The Morgan fingerprint density at radius 1 is 0.963 bits per heavy atom. The van der Waals surface area contributed by atoms with E-state index in [0.717, 1.165) is 0 Å². The summed E-state index contributed by atoms with van der Waals surface area (Å²) < 4.78 is 0. The number of aliphatic hydroxyl groups is 1. The van der Waals surface area contributed by atoms with Crippen molar-refractivity contribution < 1.29 is 34.2 Å². The predicted molar refractivity (Wildman–Crippen MR) is 96.4 cm³/mol. The zero-order valence-electron chi connectivity index (χ0n) is 14.7. The fourth-order valence-corrected chi connectivity index (χ4v) is 2.04. The molecular formula is C14H25N5O7S. The molecule has 0 spiro atoms. The molecule has 12 nitrogen and oxygen atoms in total. The van der Waals surface area contributed by atoms with Crippen LogP contribution in [0.25, 0.3) is 0 Å². The van der Waals surface area contributed by atoms with Crippen molar-refractivity contribution in [2.24, 2.45) is 11.5 Å². The summed E-state index contributed by atoms with van der Waals surface area (Å²) in [4.78, 5) is 57.7. The Kier molecular flexibility index (Phi) is 11.0. The topological polar surface area (TPSA) is 214 Å². The van der Waals surface area contributed by atoms with Gasteiger partial charge in [-0.15, -0.1) is 0 Å². The van der Waals surface area contributed by atoms with Crippen molar-refractivity contribution >= 4 is 42.2 Å². The molecule has 4 unspecified atom stereocenters. The van der Waals surface area contributed by atoms with Crippen LogP contribution in [0.2, 0.25) is 0 Å². The van der Waals surface area contributed by atoms with Gasteiger partial charge in [-0.3, -0.25) is 19.2 Å². The fraction of sp³-hybridized carbons (Fsp3) is 0.643. The van der Waals surface area contributed by atoms with Gasteiger partial charge in [0.15, 0.2) is 0 Å². The second-order valence-electron chi connectivity index (χ2n) is 5.68. The van der Waals surface area contributed by atoms with Gasteiger partial charge in [-0.1, -0.05) is 0 Å². The van der Waals surface area contributed by atoms with Crippen LogP contribution in [0.4, 0.5) is 0 Å². The molecule has 0 rings (SSSR count). The number of carbonyl (C=O) groups is 5. The molecule has 0 fully saturated rings. The maximum atomic E-state index is 12.2. The van der Waals surface area contributed by atoms with Crippen molar-refractivity contribution in [1.82, 2.24) is 16.0 Å². The van der Waals surface area contributed by atoms with Crippen LogP contribution >= 0.6 is 12.6 Å². The molecule has 13 heteroatoms. The second kappa shape index (κ2) is 12.1. The number of aliphatic carboxylic acids is 1. The van der Waals surface area contributed by atoms with Gasteiger partial charge in [0.1, 0.15) is 18.1 Å². The van der Waals surface area contributed by atoms with Crippen LogP contribution in [0.3, 0.4) is 0 Å². The highest BCUT2D eigenvalue weighted by molar-refractivity contribution is 7.80. The van der Waals surface area contributed by atoms with Crippen LogP contribution < -0.4 is 27.4 Å². The average molecular weight is 407 g/mol. The van der Waals surface area contributed by atoms with Gasteiger partial charge in [-0.2, -0.15) is 12.6 Å². The van der Waals surface area contributed by atoms with E-state index in [2.05, 4.69) is 28.6 Å². The third-order valence-corrected chi connectivity index (χ3v) is 3.70.